The van der Waals surface area contributed by atoms with Crippen molar-refractivity contribution in [2.24, 2.45) is 0 Å². The number of fused-ring (bicyclic) bond motifs is 10. The van der Waals surface area contributed by atoms with Crippen LogP contribution < -0.4 is 0 Å². The van der Waals surface area contributed by atoms with Crippen molar-refractivity contribution in [3.63, 3.8) is 0 Å². The number of rotatable bonds is 3. The molecule has 0 saturated carbocycles. The van der Waals surface area contributed by atoms with Crippen molar-refractivity contribution in [1.29, 1.82) is 0 Å². The maximum atomic E-state index is 7.38. The van der Waals surface area contributed by atoms with Gasteiger partial charge in [-0.1, -0.05) is 133 Å². The second-order valence-corrected chi connectivity index (χ2v) is 11.8. The summed E-state index contributed by atoms with van der Waals surface area (Å²) in [7, 11) is 0. The van der Waals surface area contributed by atoms with E-state index in [1.54, 1.807) is 24.3 Å². The first-order valence-electron chi connectivity index (χ1n) is 15.3. The third-order valence-electron chi connectivity index (χ3n) is 9.40. The molecule has 0 N–H and O–H groups in total. The molecule has 2 aliphatic carbocycles. The number of aromatic nitrogens is 3. The van der Waals surface area contributed by atoms with Crippen molar-refractivity contribution in [2.45, 2.75) is 5.41 Å². The van der Waals surface area contributed by atoms with Crippen LogP contribution in [0, 0.1) is 13.1 Å². The molecule has 0 bridgehead atoms. The molecule has 9 rings (SSSR count). The molecule has 0 amide bonds. The summed E-state index contributed by atoms with van der Waals surface area (Å²) in [4.78, 5) is 22.0. The van der Waals surface area contributed by atoms with Crippen LogP contribution >= 0.6 is 0 Å². The maximum absolute atomic E-state index is 7.38. The summed E-state index contributed by atoms with van der Waals surface area (Å²) in [6.45, 7) is 14.8. The van der Waals surface area contributed by atoms with Crippen LogP contribution in [0.3, 0.4) is 0 Å². The van der Waals surface area contributed by atoms with Crippen molar-refractivity contribution in [2.75, 3.05) is 0 Å². The Kier molecular flexibility index (Phi) is 5.78. The third-order valence-corrected chi connectivity index (χ3v) is 9.40. The summed E-state index contributed by atoms with van der Waals surface area (Å²) in [5.41, 5.74) is 13.1. The second-order valence-electron chi connectivity index (χ2n) is 11.8. The second kappa shape index (κ2) is 10.2. The molecular formula is C42H23N5. The summed E-state index contributed by atoms with van der Waals surface area (Å²) in [5, 5.41) is 0. The molecule has 7 aromatic rings. The number of benzene rings is 6. The first-order valence-corrected chi connectivity index (χ1v) is 15.3. The van der Waals surface area contributed by atoms with Gasteiger partial charge in [0.1, 0.15) is 0 Å². The molecule has 0 aliphatic heterocycles. The van der Waals surface area contributed by atoms with E-state index in [1.807, 2.05) is 24.3 Å². The molecular weight excluding hydrogens is 574 g/mol. The number of hydrogen-bond acceptors (Lipinski definition) is 3. The molecule has 0 fully saturated rings. The van der Waals surface area contributed by atoms with Crippen LogP contribution in [0.4, 0.5) is 11.4 Å². The highest BCUT2D eigenvalue weighted by molar-refractivity contribution is 5.95. The Balaban J connectivity index is 1.29. The first-order chi connectivity index (χ1) is 23.2. The summed E-state index contributed by atoms with van der Waals surface area (Å²) < 4.78 is 0. The van der Waals surface area contributed by atoms with Gasteiger partial charge in [-0.05, 0) is 50.6 Å². The van der Waals surface area contributed by atoms with E-state index < -0.39 is 5.41 Å². The Morgan fingerprint density at radius 3 is 1.17 bits per heavy atom. The predicted molar refractivity (Wildman–Crippen MR) is 185 cm³/mol. The molecule has 6 aromatic carbocycles. The first kappa shape index (κ1) is 26.7. The van der Waals surface area contributed by atoms with Gasteiger partial charge in [-0.15, -0.1) is 0 Å². The van der Waals surface area contributed by atoms with Crippen molar-refractivity contribution >= 4 is 11.4 Å². The lowest BCUT2D eigenvalue weighted by molar-refractivity contribution is 0.794. The highest BCUT2D eigenvalue weighted by Gasteiger charge is 2.51. The van der Waals surface area contributed by atoms with E-state index >= 15 is 0 Å². The van der Waals surface area contributed by atoms with E-state index in [-0.39, 0.29) is 0 Å². The van der Waals surface area contributed by atoms with Crippen molar-refractivity contribution in [3.8, 4) is 56.4 Å². The zero-order chi connectivity index (χ0) is 31.5. The van der Waals surface area contributed by atoms with Gasteiger partial charge in [-0.25, -0.2) is 24.6 Å². The third kappa shape index (κ3) is 3.84. The molecule has 0 atom stereocenters. The molecule has 0 unspecified atom stereocenters. The summed E-state index contributed by atoms with van der Waals surface area (Å²) in [5.74, 6) is 1.60. The molecule has 2 aliphatic rings. The normalized spacial score (nSPS) is 12.8. The van der Waals surface area contributed by atoms with Crippen molar-refractivity contribution in [1.82, 2.24) is 15.0 Å². The van der Waals surface area contributed by atoms with Gasteiger partial charge >= 0.3 is 0 Å². The quantitative estimate of drug-likeness (QED) is 0.190. The van der Waals surface area contributed by atoms with Gasteiger partial charge in [0.25, 0.3) is 0 Å². The Hall–Kier alpha value is -6.69. The highest BCUT2D eigenvalue weighted by Crippen LogP contribution is 2.62. The SMILES string of the molecule is [C-]#[N+]c1ccc(-c2nc(-c3ccc([N+]#[C-])cc3)nc(-c3ccc4c(c3)C3(c5ccccc5-c5ccccc53)c3ccccc3-4)n2)cc1. The van der Waals surface area contributed by atoms with Crippen molar-refractivity contribution < 1.29 is 0 Å². The zero-order valence-electron chi connectivity index (χ0n) is 25.0. The Morgan fingerprint density at radius 1 is 0.383 bits per heavy atom. The largest absolute Gasteiger partial charge is 0.238 e. The smallest absolute Gasteiger partial charge is 0.187 e. The van der Waals surface area contributed by atoms with E-state index in [0.717, 1.165) is 16.7 Å². The molecule has 5 heteroatoms. The van der Waals surface area contributed by atoms with E-state index in [2.05, 4.69) is 101 Å². The van der Waals surface area contributed by atoms with Gasteiger partial charge < -0.3 is 0 Å². The van der Waals surface area contributed by atoms with Crippen LogP contribution in [0.25, 0.3) is 66.1 Å². The minimum absolute atomic E-state index is 0.473. The van der Waals surface area contributed by atoms with Gasteiger partial charge in [0, 0.05) is 16.7 Å². The molecule has 1 spiro atoms. The van der Waals surface area contributed by atoms with Crippen LogP contribution in [0.2, 0.25) is 0 Å². The minimum atomic E-state index is -0.473. The average Bonchev–Trinajstić information content (AvgIpc) is 3.62. The number of nitrogens with zero attached hydrogens (tertiary/aromatic N) is 5. The monoisotopic (exact) mass is 597 g/mol. The molecule has 1 aromatic heterocycles. The molecule has 216 valence electrons. The van der Waals surface area contributed by atoms with E-state index in [4.69, 9.17) is 28.1 Å². The Labute approximate surface area is 272 Å². The molecule has 5 nitrogen and oxygen atoms in total. The fraction of sp³-hybridized carbons (Fsp3) is 0.0238. The van der Waals surface area contributed by atoms with Crippen LogP contribution in [0.5, 0.6) is 0 Å². The number of hydrogen-bond donors (Lipinski definition) is 0. The Morgan fingerprint density at radius 2 is 0.745 bits per heavy atom. The van der Waals surface area contributed by atoms with Crippen LogP contribution in [0.1, 0.15) is 22.3 Å². The fourth-order valence-electron chi connectivity index (χ4n) is 7.37. The Bertz CT molecular complexity index is 2340. The van der Waals surface area contributed by atoms with E-state index in [9.17, 15) is 0 Å². The zero-order valence-corrected chi connectivity index (χ0v) is 25.0. The van der Waals surface area contributed by atoms with E-state index in [0.29, 0.717) is 28.8 Å². The minimum Gasteiger partial charge on any atom is -0.238 e. The molecule has 47 heavy (non-hydrogen) atoms. The van der Waals surface area contributed by atoms with Crippen LogP contribution in [-0.4, -0.2) is 15.0 Å². The maximum Gasteiger partial charge on any atom is 0.187 e. The van der Waals surface area contributed by atoms with Gasteiger partial charge in [-0.2, -0.15) is 0 Å². The molecule has 0 saturated heterocycles. The average molecular weight is 598 g/mol. The van der Waals surface area contributed by atoms with Gasteiger partial charge in [0.05, 0.1) is 18.6 Å². The standard InChI is InChI=1S/C42H23N5/c1-43-29-20-15-26(16-21-29)39-45-40(27-17-22-30(44-2)23-18-27)47-41(46-39)28-19-24-34-33-11-5-8-14-37(33)42(38(34)25-28)35-12-6-3-9-31(35)32-10-4-7-13-36(32)42/h3-25H. The fourth-order valence-corrected chi connectivity index (χ4v) is 7.37. The summed E-state index contributed by atoms with van der Waals surface area (Å²) >= 11 is 0. The van der Waals surface area contributed by atoms with Crippen molar-refractivity contribution in [3.05, 3.63) is 185 Å². The highest BCUT2D eigenvalue weighted by atomic mass is 15.0. The molecule has 1 heterocycles. The van der Waals surface area contributed by atoms with Crippen LogP contribution in [0.15, 0.2) is 140 Å². The summed E-state index contributed by atoms with van der Waals surface area (Å²) in [6.07, 6.45) is 0. The lowest BCUT2D eigenvalue weighted by Gasteiger charge is -2.30. The van der Waals surface area contributed by atoms with Gasteiger partial charge in [-0.3, -0.25) is 0 Å². The lowest BCUT2D eigenvalue weighted by Crippen LogP contribution is -2.25. The van der Waals surface area contributed by atoms with Gasteiger partial charge in [0.2, 0.25) is 0 Å². The lowest BCUT2D eigenvalue weighted by atomic mass is 9.70. The van der Waals surface area contributed by atoms with Crippen LogP contribution in [-0.2, 0) is 5.41 Å². The molecule has 0 radical (unpaired) electrons. The van der Waals surface area contributed by atoms with E-state index in [1.165, 1.54) is 44.5 Å². The summed E-state index contributed by atoms with van der Waals surface area (Å²) in [6, 6.07) is 47.5. The predicted octanol–water partition coefficient (Wildman–Crippen LogP) is 10.3. The van der Waals surface area contributed by atoms with Gasteiger partial charge in [0.15, 0.2) is 28.8 Å². The topological polar surface area (TPSA) is 47.4 Å².